The fourth-order valence-electron chi connectivity index (χ4n) is 4.14. The maximum absolute atomic E-state index is 13.2. The summed E-state index contributed by atoms with van der Waals surface area (Å²) >= 11 is 0. The van der Waals surface area contributed by atoms with Crippen molar-refractivity contribution < 1.29 is 22.7 Å². The molecule has 1 N–H and O–H groups in total. The number of ether oxygens (including phenoxy) is 1. The van der Waals surface area contributed by atoms with Crippen molar-refractivity contribution in [3.8, 4) is 5.75 Å². The molecule has 0 bridgehead atoms. The average Bonchev–Trinajstić information content (AvgIpc) is 3.24. The van der Waals surface area contributed by atoms with Crippen molar-refractivity contribution in [2.45, 2.75) is 12.6 Å². The van der Waals surface area contributed by atoms with Gasteiger partial charge in [0.05, 0.1) is 23.9 Å². The number of nitrogens with one attached hydrogen (secondary N) is 1. The van der Waals surface area contributed by atoms with Crippen LogP contribution in [0.15, 0.2) is 72.8 Å². The van der Waals surface area contributed by atoms with Gasteiger partial charge in [-0.25, -0.2) is 4.98 Å². The smallest absolute Gasteiger partial charge is 0.418 e. The van der Waals surface area contributed by atoms with Crippen LogP contribution in [0.4, 0.5) is 30.4 Å². The van der Waals surface area contributed by atoms with Gasteiger partial charge < -0.3 is 15.0 Å². The van der Waals surface area contributed by atoms with E-state index >= 15 is 0 Å². The predicted molar refractivity (Wildman–Crippen MR) is 125 cm³/mol. The molecule has 3 aromatic carbocycles. The molecule has 8 heteroatoms. The minimum absolute atomic E-state index is 0.261. The molecule has 1 aromatic heterocycles. The molecule has 0 radical (unpaired) electrons. The van der Waals surface area contributed by atoms with E-state index in [2.05, 4.69) is 16.3 Å². The highest BCUT2D eigenvalue weighted by Gasteiger charge is 2.33. The first kappa shape index (κ1) is 21.8. The molecule has 0 fully saturated rings. The lowest BCUT2D eigenvalue weighted by Crippen LogP contribution is -2.17. The first-order valence-electron chi connectivity index (χ1n) is 10.7. The number of benzene rings is 3. The molecule has 1 aliphatic heterocycles. The standard InChI is InChI=1S/C26H20F3N3O2/c1-34-20-11-8-17-14-18-12-13-32(24(18)30-23(17)15-20)19-9-6-16(7-10-19)25(33)31-22-5-3-2-4-21(22)26(27,28)29/h2-11,14-15H,12-13H2,1H3,(H,31,33). The van der Waals surface area contributed by atoms with Gasteiger partial charge in [0.15, 0.2) is 0 Å². The van der Waals surface area contributed by atoms with E-state index in [0.717, 1.165) is 52.8 Å². The molecule has 0 unspecified atom stereocenters. The second-order valence-electron chi connectivity index (χ2n) is 7.98. The minimum atomic E-state index is -4.56. The molecule has 34 heavy (non-hydrogen) atoms. The monoisotopic (exact) mass is 463 g/mol. The number of fused-ring (bicyclic) bond motifs is 2. The Labute approximate surface area is 193 Å². The number of methoxy groups -OCH3 is 1. The summed E-state index contributed by atoms with van der Waals surface area (Å²) < 4.78 is 45.0. The van der Waals surface area contributed by atoms with Crippen molar-refractivity contribution in [2.75, 3.05) is 23.9 Å². The predicted octanol–water partition coefficient (Wildman–Crippen LogP) is 6.21. The van der Waals surface area contributed by atoms with Crippen molar-refractivity contribution in [1.82, 2.24) is 4.98 Å². The van der Waals surface area contributed by atoms with Crippen molar-refractivity contribution in [3.63, 3.8) is 0 Å². The molecule has 2 heterocycles. The topological polar surface area (TPSA) is 54.5 Å². The lowest BCUT2D eigenvalue weighted by molar-refractivity contribution is -0.136. The molecular weight excluding hydrogens is 443 g/mol. The van der Waals surface area contributed by atoms with Gasteiger partial charge in [0.2, 0.25) is 0 Å². The van der Waals surface area contributed by atoms with E-state index < -0.39 is 17.6 Å². The highest BCUT2D eigenvalue weighted by atomic mass is 19.4. The van der Waals surface area contributed by atoms with E-state index in [4.69, 9.17) is 9.72 Å². The summed E-state index contributed by atoms with van der Waals surface area (Å²) in [5, 5.41) is 3.41. The van der Waals surface area contributed by atoms with E-state index in [1.54, 1.807) is 31.4 Å². The number of carbonyl (C=O) groups is 1. The number of hydrogen-bond acceptors (Lipinski definition) is 4. The van der Waals surface area contributed by atoms with E-state index in [0.29, 0.717) is 0 Å². The second kappa shape index (κ2) is 8.37. The van der Waals surface area contributed by atoms with Gasteiger partial charge in [0.1, 0.15) is 11.6 Å². The molecule has 0 atom stereocenters. The van der Waals surface area contributed by atoms with Crippen molar-refractivity contribution in [3.05, 3.63) is 89.5 Å². The van der Waals surface area contributed by atoms with Crippen molar-refractivity contribution >= 4 is 34.0 Å². The van der Waals surface area contributed by atoms with Crippen LogP contribution in [0.2, 0.25) is 0 Å². The first-order chi connectivity index (χ1) is 16.3. The summed E-state index contributed by atoms with van der Waals surface area (Å²) in [5.74, 6) is 0.963. The third kappa shape index (κ3) is 4.03. The fraction of sp³-hybridized carbons (Fsp3) is 0.154. The largest absolute Gasteiger partial charge is 0.497 e. The van der Waals surface area contributed by atoms with Gasteiger partial charge >= 0.3 is 6.18 Å². The third-order valence-corrected chi connectivity index (χ3v) is 5.86. The number of rotatable bonds is 4. The molecule has 0 saturated heterocycles. The Morgan fingerprint density at radius 2 is 1.79 bits per heavy atom. The summed E-state index contributed by atoms with van der Waals surface area (Å²) in [4.78, 5) is 19.5. The highest BCUT2D eigenvalue weighted by Crippen LogP contribution is 2.37. The van der Waals surface area contributed by atoms with Gasteiger partial charge in [-0.1, -0.05) is 12.1 Å². The minimum Gasteiger partial charge on any atom is -0.497 e. The summed E-state index contributed by atoms with van der Waals surface area (Å²) in [6.45, 7) is 0.736. The summed E-state index contributed by atoms with van der Waals surface area (Å²) in [6.07, 6.45) is -3.72. The van der Waals surface area contributed by atoms with Crippen LogP contribution in [0.1, 0.15) is 21.5 Å². The number of nitrogens with zero attached hydrogens (tertiary/aromatic N) is 2. The number of aromatic nitrogens is 1. The van der Waals surface area contributed by atoms with Crippen LogP contribution in [0.5, 0.6) is 5.75 Å². The van der Waals surface area contributed by atoms with E-state index in [1.807, 2.05) is 18.2 Å². The zero-order valence-corrected chi connectivity index (χ0v) is 18.2. The molecule has 0 spiro atoms. The number of pyridine rings is 1. The Balaban J connectivity index is 1.39. The lowest BCUT2D eigenvalue weighted by Gasteiger charge is -2.19. The molecule has 5 rings (SSSR count). The summed E-state index contributed by atoms with van der Waals surface area (Å²) in [6, 6.07) is 19.6. The average molecular weight is 463 g/mol. The maximum atomic E-state index is 13.2. The van der Waals surface area contributed by atoms with Crippen LogP contribution in [0, 0.1) is 0 Å². The van der Waals surface area contributed by atoms with Crippen molar-refractivity contribution in [1.29, 1.82) is 0 Å². The molecule has 172 valence electrons. The molecular formula is C26H20F3N3O2. The van der Waals surface area contributed by atoms with Gasteiger partial charge in [-0.2, -0.15) is 13.2 Å². The lowest BCUT2D eigenvalue weighted by atomic mass is 10.1. The fourth-order valence-corrected chi connectivity index (χ4v) is 4.14. The van der Waals surface area contributed by atoms with Crippen LogP contribution in [0.25, 0.3) is 10.9 Å². The number of anilines is 3. The number of amides is 1. The normalized spacial score (nSPS) is 13.1. The first-order valence-corrected chi connectivity index (χ1v) is 10.7. The van der Waals surface area contributed by atoms with E-state index in [9.17, 15) is 18.0 Å². The molecule has 5 nitrogen and oxygen atoms in total. The Bertz CT molecular complexity index is 1380. The SMILES string of the molecule is COc1ccc2cc3c(nc2c1)N(c1ccc(C(=O)Nc2ccccc2C(F)(F)F)cc1)CC3. The van der Waals surface area contributed by atoms with Crippen LogP contribution >= 0.6 is 0 Å². The third-order valence-electron chi connectivity index (χ3n) is 5.86. The zero-order chi connectivity index (χ0) is 23.9. The quantitative estimate of drug-likeness (QED) is 0.391. The van der Waals surface area contributed by atoms with Gasteiger partial charge in [-0.3, -0.25) is 4.79 Å². The Morgan fingerprint density at radius 3 is 2.53 bits per heavy atom. The van der Waals surface area contributed by atoms with Gasteiger partial charge in [-0.15, -0.1) is 0 Å². The zero-order valence-electron chi connectivity index (χ0n) is 18.2. The van der Waals surface area contributed by atoms with Gasteiger partial charge in [0, 0.05) is 29.2 Å². The van der Waals surface area contributed by atoms with Crippen LogP contribution < -0.4 is 15.0 Å². The van der Waals surface area contributed by atoms with E-state index in [1.165, 1.54) is 18.2 Å². The Kier molecular flexibility index (Phi) is 5.36. The number of para-hydroxylation sites is 1. The van der Waals surface area contributed by atoms with Gasteiger partial charge in [-0.05, 0) is 66.6 Å². The Morgan fingerprint density at radius 1 is 1.03 bits per heavy atom. The molecule has 4 aromatic rings. The number of hydrogen-bond donors (Lipinski definition) is 1. The van der Waals surface area contributed by atoms with E-state index in [-0.39, 0.29) is 11.3 Å². The molecule has 0 saturated carbocycles. The van der Waals surface area contributed by atoms with Crippen LogP contribution in [-0.4, -0.2) is 24.5 Å². The maximum Gasteiger partial charge on any atom is 0.418 e. The molecule has 1 amide bonds. The van der Waals surface area contributed by atoms with Crippen molar-refractivity contribution in [2.24, 2.45) is 0 Å². The summed E-state index contributed by atoms with van der Waals surface area (Å²) in [7, 11) is 1.61. The molecule has 1 aliphatic rings. The van der Waals surface area contributed by atoms with Crippen LogP contribution in [0.3, 0.4) is 0 Å². The number of carbonyl (C=O) groups excluding carboxylic acids is 1. The number of halogens is 3. The van der Waals surface area contributed by atoms with Crippen LogP contribution in [-0.2, 0) is 12.6 Å². The Hall–Kier alpha value is -4.07. The highest BCUT2D eigenvalue weighted by molar-refractivity contribution is 6.05. The van der Waals surface area contributed by atoms with Gasteiger partial charge in [0.25, 0.3) is 5.91 Å². The molecule has 0 aliphatic carbocycles. The summed E-state index contributed by atoms with van der Waals surface area (Å²) in [5.41, 5.74) is 1.90. The number of alkyl halides is 3. The second-order valence-corrected chi connectivity index (χ2v) is 7.98.